The molecule has 0 saturated carbocycles. The monoisotopic (exact) mass is 310 g/mol. The average Bonchev–Trinajstić information content (AvgIpc) is 2.47. The maximum Gasteiger partial charge on any atom is 0.225 e. The Kier molecular flexibility index (Phi) is 6.03. The van der Waals surface area contributed by atoms with Crippen molar-refractivity contribution in [2.45, 2.75) is 32.4 Å². The second-order valence-electron chi connectivity index (χ2n) is 5.50. The molecule has 0 aliphatic carbocycles. The Morgan fingerprint density at radius 2 is 2.24 bits per heavy atom. The maximum atomic E-state index is 12.4. The molecule has 1 aromatic carbocycles. The van der Waals surface area contributed by atoms with Gasteiger partial charge in [0.15, 0.2) is 0 Å². The lowest BCUT2D eigenvalue weighted by Crippen LogP contribution is -2.49. The van der Waals surface area contributed by atoms with Crippen LogP contribution < -0.4 is 5.32 Å². The van der Waals surface area contributed by atoms with Crippen LogP contribution in [0.15, 0.2) is 24.3 Å². The molecular weight excluding hydrogens is 288 g/mol. The van der Waals surface area contributed by atoms with Gasteiger partial charge in [0.2, 0.25) is 5.91 Å². The second-order valence-corrected chi connectivity index (χ2v) is 5.91. The molecule has 1 N–H and O–H groups in total. The molecule has 0 aromatic heterocycles. The molecule has 1 amide bonds. The molecule has 5 heteroatoms. The highest BCUT2D eigenvalue weighted by molar-refractivity contribution is 6.31. The highest BCUT2D eigenvalue weighted by Gasteiger charge is 2.28. The molecule has 1 aromatic rings. The third-order valence-electron chi connectivity index (χ3n) is 3.60. The molecule has 1 atom stereocenters. The van der Waals surface area contributed by atoms with Crippen LogP contribution in [0.5, 0.6) is 0 Å². The van der Waals surface area contributed by atoms with Crippen LogP contribution in [0.3, 0.4) is 0 Å². The maximum absolute atomic E-state index is 12.4. The van der Waals surface area contributed by atoms with Crippen molar-refractivity contribution in [2.75, 3.05) is 26.2 Å². The number of ether oxygens (including phenoxy) is 1. The highest BCUT2D eigenvalue weighted by atomic mass is 35.5. The number of amides is 1. The van der Waals surface area contributed by atoms with Crippen molar-refractivity contribution >= 4 is 17.5 Å². The van der Waals surface area contributed by atoms with Gasteiger partial charge in [0.05, 0.1) is 25.2 Å². The summed E-state index contributed by atoms with van der Waals surface area (Å²) in [6.07, 6.45) is 0.569. The van der Waals surface area contributed by atoms with Crippen molar-refractivity contribution in [3.05, 3.63) is 34.9 Å². The number of carbonyl (C=O) groups is 1. The third kappa shape index (κ3) is 4.43. The Balaban J connectivity index is 2.05. The number of hydrogen-bond donors (Lipinski definition) is 1. The van der Waals surface area contributed by atoms with Gasteiger partial charge in [0.25, 0.3) is 0 Å². The zero-order valence-corrected chi connectivity index (χ0v) is 13.4. The largest absolute Gasteiger partial charge is 0.378 e. The molecule has 0 bridgehead atoms. The van der Waals surface area contributed by atoms with Gasteiger partial charge in [-0.1, -0.05) is 29.8 Å². The van der Waals surface area contributed by atoms with Gasteiger partial charge in [0.1, 0.15) is 0 Å². The number of nitrogens with zero attached hydrogens (tertiary/aromatic N) is 1. The van der Waals surface area contributed by atoms with Gasteiger partial charge < -0.3 is 15.0 Å². The molecule has 1 fully saturated rings. The van der Waals surface area contributed by atoms with Crippen LogP contribution >= 0.6 is 11.6 Å². The Bertz CT molecular complexity index is 479. The zero-order valence-electron chi connectivity index (χ0n) is 12.6. The molecule has 1 saturated heterocycles. The fourth-order valence-electron chi connectivity index (χ4n) is 2.55. The van der Waals surface area contributed by atoms with Gasteiger partial charge in [0, 0.05) is 24.7 Å². The molecule has 1 unspecified atom stereocenters. The first-order valence-electron chi connectivity index (χ1n) is 7.46. The molecule has 1 heterocycles. The number of benzene rings is 1. The van der Waals surface area contributed by atoms with Gasteiger partial charge in [-0.2, -0.15) is 0 Å². The number of hydrogen-bond acceptors (Lipinski definition) is 3. The molecule has 1 aliphatic heterocycles. The van der Waals surface area contributed by atoms with E-state index >= 15 is 0 Å². The van der Waals surface area contributed by atoms with E-state index in [1.54, 1.807) is 0 Å². The third-order valence-corrected chi connectivity index (χ3v) is 3.94. The van der Waals surface area contributed by atoms with Crippen LogP contribution in [-0.2, 0) is 9.53 Å². The number of nitrogens with one attached hydrogen (secondary N) is 1. The molecule has 1 aliphatic rings. The summed E-state index contributed by atoms with van der Waals surface area (Å²) < 4.78 is 5.48. The number of carbonyl (C=O) groups excluding carboxylic acids is 1. The van der Waals surface area contributed by atoms with Gasteiger partial charge in [-0.25, -0.2) is 0 Å². The van der Waals surface area contributed by atoms with Crippen LogP contribution in [0.2, 0.25) is 5.02 Å². The summed E-state index contributed by atoms with van der Waals surface area (Å²) >= 11 is 6.28. The van der Waals surface area contributed by atoms with E-state index < -0.39 is 0 Å². The molecule has 0 radical (unpaired) electrons. The molecule has 4 nitrogen and oxygen atoms in total. The minimum atomic E-state index is -0.000926. The Labute approximate surface area is 131 Å². The zero-order chi connectivity index (χ0) is 15.2. The van der Waals surface area contributed by atoms with Crippen LogP contribution in [0.25, 0.3) is 0 Å². The summed E-state index contributed by atoms with van der Waals surface area (Å²) in [5, 5.41) is 4.05. The van der Waals surface area contributed by atoms with Gasteiger partial charge in [-0.3, -0.25) is 4.79 Å². The van der Waals surface area contributed by atoms with Crippen LogP contribution in [0.1, 0.15) is 31.9 Å². The fraction of sp³-hybridized carbons (Fsp3) is 0.562. The molecule has 21 heavy (non-hydrogen) atoms. The Morgan fingerprint density at radius 1 is 1.48 bits per heavy atom. The van der Waals surface area contributed by atoms with Crippen molar-refractivity contribution < 1.29 is 9.53 Å². The summed E-state index contributed by atoms with van der Waals surface area (Å²) in [6, 6.07) is 7.73. The standard InChI is InChI=1S/C16H23ClN2O2/c1-12(2)21-10-7-16(20)19-9-8-18-11-15(19)13-5-3-4-6-14(13)17/h3-6,12,15,18H,7-11H2,1-2H3. The minimum Gasteiger partial charge on any atom is -0.378 e. The summed E-state index contributed by atoms with van der Waals surface area (Å²) in [7, 11) is 0. The van der Waals surface area contributed by atoms with Crippen molar-refractivity contribution in [3.63, 3.8) is 0 Å². The van der Waals surface area contributed by atoms with E-state index in [1.165, 1.54) is 0 Å². The normalized spacial score (nSPS) is 19.0. The minimum absolute atomic E-state index is 0.000926. The quantitative estimate of drug-likeness (QED) is 0.909. The van der Waals surface area contributed by atoms with Crippen molar-refractivity contribution in [1.29, 1.82) is 0 Å². The number of rotatable bonds is 5. The lowest BCUT2D eigenvalue weighted by atomic mass is 10.0. The van der Waals surface area contributed by atoms with Crippen LogP contribution in [0, 0.1) is 0 Å². The smallest absolute Gasteiger partial charge is 0.225 e. The van der Waals surface area contributed by atoms with Crippen LogP contribution in [-0.4, -0.2) is 43.2 Å². The number of piperazine rings is 1. The molecule has 116 valence electrons. The summed E-state index contributed by atoms with van der Waals surface area (Å²) in [4.78, 5) is 14.4. The SMILES string of the molecule is CC(C)OCCC(=O)N1CCNCC1c1ccccc1Cl. The van der Waals surface area contributed by atoms with E-state index in [0.717, 1.165) is 18.7 Å². The first-order valence-corrected chi connectivity index (χ1v) is 7.83. The number of halogens is 1. The van der Waals surface area contributed by atoms with Crippen LogP contribution in [0.4, 0.5) is 0 Å². The predicted molar refractivity (Wildman–Crippen MR) is 84.5 cm³/mol. The topological polar surface area (TPSA) is 41.6 Å². The Morgan fingerprint density at radius 3 is 2.95 bits per heavy atom. The lowest BCUT2D eigenvalue weighted by Gasteiger charge is -2.37. The average molecular weight is 311 g/mol. The highest BCUT2D eigenvalue weighted by Crippen LogP contribution is 2.28. The Hall–Kier alpha value is -1.10. The molecular formula is C16H23ClN2O2. The second kappa shape index (κ2) is 7.78. The van der Waals surface area contributed by atoms with E-state index in [4.69, 9.17) is 16.3 Å². The summed E-state index contributed by atoms with van der Waals surface area (Å²) in [5.41, 5.74) is 1.00. The fourth-order valence-corrected chi connectivity index (χ4v) is 2.81. The van der Waals surface area contributed by atoms with E-state index in [2.05, 4.69) is 5.32 Å². The first kappa shape index (κ1) is 16.3. The van der Waals surface area contributed by atoms with Crippen molar-refractivity contribution in [3.8, 4) is 0 Å². The lowest BCUT2D eigenvalue weighted by molar-refractivity contribution is -0.136. The van der Waals surface area contributed by atoms with Crippen molar-refractivity contribution in [1.82, 2.24) is 10.2 Å². The molecule has 0 spiro atoms. The van der Waals surface area contributed by atoms with Gasteiger partial charge in [-0.05, 0) is 25.5 Å². The van der Waals surface area contributed by atoms with Gasteiger partial charge in [-0.15, -0.1) is 0 Å². The summed E-state index contributed by atoms with van der Waals surface area (Å²) in [5.74, 6) is 0.127. The summed E-state index contributed by atoms with van der Waals surface area (Å²) in [6.45, 7) is 6.67. The van der Waals surface area contributed by atoms with E-state index in [0.29, 0.717) is 24.6 Å². The van der Waals surface area contributed by atoms with E-state index in [-0.39, 0.29) is 18.1 Å². The molecule has 2 rings (SSSR count). The van der Waals surface area contributed by atoms with E-state index in [9.17, 15) is 4.79 Å². The first-order chi connectivity index (χ1) is 10.1. The predicted octanol–water partition coefficient (Wildman–Crippen LogP) is 2.63. The van der Waals surface area contributed by atoms with Gasteiger partial charge >= 0.3 is 0 Å². The van der Waals surface area contributed by atoms with E-state index in [1.807, 2.05) is 43.0 Å². The van der Waals surface area contributed by atoms with Crippen molar-refractivity contribution in [2.24, 2.45) is 0 Å².